The summed E-state index contributed by atoms with van der Waals surface area (Å²) in [6.07, 6.45) is 2.78. The van der Waals surface area contributed by atoms with Gasteiger partial charge in [-0.3, -0.25) is 0 Å². The second-order valence-corrected chi connectivity index (χ2v) is 5.34. The van der Waals surface area contributed by atoms with Crippen LogP contribution in [0.15, 0.2) is 77.7 Å². The molecule has 0 aliphatic rings. The van der Waals surface area contributed by atoms with Crippen LogP contribution in [0.1, 0.15) is 5.56 Å². The monoisotopic (exact) mass is 285 g/mol. The van der Waals surface area contributed by atoms with Gasteiger partial charge in [-0.05, 0) is 35.6 Å². The van der Waals surface area contributed by atoms with Crippen molar-refractivity contribution in [2.24, 2.45) is 0 Å². The van der Waals surface area contributed by atoms with Gasteiger partial charge in [-0.1, -0.05) is 48.5 Å². The minimum absolute atomic E-state index is 0.663. The lowest BCUT2D eigenvalue weighted by Gasteiger charge is -1.98. The summed E-state index contributed by atoms with van der Waals surface area (Å²) in [5.41, 5.74) is 3.97. The lowest BCUT2D eigenvalue weighted by atomic mass is 10.1. The van der Waals surface area contributed by atoms with Gasteiger partial charge in [0.15, 0.2) is 5.58 Å². The van der Waals surface area contributed by atoms with E-state index in [1.165, 1.54) is 10.9 Å². The highest BCUT2D eigenvalue weighted by Crippen LogP contribution is 2.29. The molecular formula is C20H15NO. The van der Waals surface area contributed by atoms with Crippen molar-refractivity contribution in [1.29, 1.82) is 0 Å². The second kappa shape index (κ2) is 5.15. The van der Waals surface area contributed by atoms with Crippen LogP contribution in [0.25, 0.3) is 33.3 Å². The Morgan fingerprint density at radius 2 is 1.77 bits per heavy atom. The molecule has 1 aromatic heterocycles. The molecule has 0 unspecified atom stereocenters. The Kier molecular flexibility index (Phi) is 3.01. The van der Waals surface area contributed by atoms with E-state index >= 15 is 0 Å². The van der Waals surface area contributed by atoms with Crippen LogP contribution in [0, 0.1) is 0 Å². The van der Waals surface area contributed by atoms with E-state index in [0.29, 0.717) is 5.89 Å². The Labute approximate surface area is 128 Å². The quantitative estimate of drug-likeness (QED) is 0.472. The minimum atomic E-state index is 0.663. The van der Waals surface area contributed by atoms with Crippen molar-refractivity contribution in [2.75, 3.05) is 0 Å². The van der Waals surface area contributed by atoms with E-state index in [1.807, 2.05) is 36.4 Å². The van der Waals surface area contributed by atoms with Gasteiger partial charge in [-0.25, -0.2) is 4.98 Å². The first-order valence-electron chi connectivity index (χ1n) is 7.33. The van der Waals surface area contributed by atoms with E-state index in [9.17, 15) is 0 Å². The number of allylic oxidation sites excluding steroid dienone is 1. The van der Waals surface area contributed by atoms with Crippen LogP contribution in [-0.2, 0) is 6.42 Å². The molecule has 0 spiro atoms. The van der Waals surface area contributed by atoms with E-state index in [0.717, 1.165) is 28.5 Å². The molecule has 1 heterocycles. The van der Waals surface area contributed by atoms with E-state index in [1.54, 1.807) is 0 Å². The average Bonchev–Trinajstić information content (AvgIpc) is 3.00. The van der Waals surface area contributed by atoms with Crippen LogP contribution in [-0.4, -0.2) is 4.98 Å². The fourth-order valence-corrected chi connectivity index (χ4v) is 2.73. The molecule has 0 saturated carbocycles. The highest BCUT2D eigenvalue weighted by atomic mass is 16.3. The molecule has 0 bridgehead atoms. The van der Waals surface area contributed by atoms with E-state index in [2.05, 4.69) is 36.9 Å². The molecule has 0 radical (unpaired) electrons. The van der Waals surface area contributed by atoms with E-state index < -0.39 is 0 Å². The maximum absolute atomic E-state index is 5.93. The van der Waals surface area contributed by atoms with Crippen LogP contribution in [0.5, 0.6) is 0 Å². The molecular weight excluding hydrogens is 270 g/mol. The SMILES string of the molecule is C=CCc1ccc(-c2nc3c(ccc4ccccc43)o2)cc1. The molecule has 22 heavy (non-hydrogen) atoms. The fourth-order valence-electron chi connectivity index (χ4n) is 2.73. The van der Waals surface area contributed by atoms with Gasteiger partial charge in [-0.2, -0.15) is 0 Å². The zero-order valence-electron chi connectivity index (χ0n) is 12.1. The molecule has 106 valence electrons. The molecule has 0 fully saturated rings. The van der Waals surface area contributed by atoms with Gasteiger partial charge in [0.05, 0.1) is 0 Å². The van der Waals surface area contributed by atoms with Gasteiger partial charge >= 0.3 is 0 Å². The number of hydrogen-bond donors (Lipinski definition) is 0. The molecule has 0 aliphatic carbocycles. The number of hydrogen-bond acceptors (Lipinski definition) is 2. The van der Waals surface area contributed by atoms with Gasteiger partial charge < -0.3 is 4.42 Å². The van der Waals surface area contributed by atoms with E-state index in [4.69, 9.17) is 9.40 Å². The first kappa shape index (κ1) is 12.8. The summed E-state index contributed by atoms with van der Waals surface area (Å²) in [4.78, 5) is 4.70. The van der Waals surface area contributed by atoms with Gasteiger partial charge in [0.25, 0.3) is 0 Å². The van der Waals surface area contributed by atoms with Crippen molar-refractivity contribution in [3.05, 3.63) is 78.9 Å². The molecule has 0 N–H and O–H groups in total. The molecule has 3 aromatic carbocycles. The normalized spacial score (nSPS) is 11.1. The van der Waals surface area contributed by atoms with Crippen molar-refractivity contribution in [2.45, 2.75) is 6.42 Å². The summed E-state index contributed by atoms with van der Waals surface area (Å²) >= 11 is 0. The molecule has 2 nitrogen and oxygen atoms in total. The van der Waals surface area contributed by atoms with Crippen molar-refractivity contribution in [3.63, 3.8) is 0 Å². The first-order chi connectivity index (χ1) is 10.8. The molecule has 4 rings (SSSR count). The molecule has 4 aromatic rings. The highest BCUT2D eigenvalue weighted by Gasteiger charge is 2.10. The van der Waals surface area contributed by atoms with Crippen molar-refractivity contribution in [3.8, 4) is 11.5 Å². The maximum atomic E-state index is 5.93. The number of fused-ring (bicyclic) bond motifs is 3. The summed E-state index contributed by atoms with van der Waals surface area (Å²) in [5, 5.41) is 2.30. The standard InChI is InChI=1S/C20H15NO/c1-2-5-14-8-10-16(11-9-14)20-21-19-17-7-4-3-6-15(17)12-13-18(19)22-20/h2-4,6-13H,1,5H2. The molecule has 0 saturated heterocycles. The van der Waals surface area contributed by atoms with Crippen molar-refractivity contribution in [1.82, 2.24) is 4.98 Å². The highest BCUT2D eigenvalue weighted by molar-refractivity contribution is 6.03. The van der Waals surface area contributed by atoms with Crippen LogP contribution in [0.4, 0.5) is 0 Å². The zero-order valence-corrected chi connectivity index (χ0v) is 12.1. The fraction of sp³-hybridized carbons (Fsp3) is 0.0500. The zero-order chi connectivity index (χ0) is 14.9. The van der Waals surface area contributed by atoms with Crippen molar-refractivity contribution >= 4 is 21.9 Å². The Balaban J connectivity index is 1.85. The smallest absolute Gasteiger partial charge is 0.227 e. The molecule has 0 amide bonds. The third-order valence-electron chi connectivity index (χ3n) is 3.86. The number of rotatable bonds is 3. The summed E-state index contributed by atoms with van der Waals surface area (Å²) in [7, 11) is 0. The second-order valence-electron chi connectivity index (χ2n) is 5.34. The Bertz CT molecular complexity index is 964. The third kappa shape index (κ3) is 2.09. The number of aromatic nitrogens is 1. The van der Waals surface area contributed by atoms with Crippen LogP contribution in [0.3, 0.4) is 0 Å². The lowest BCUT2D eigenvalue weighted by Crippen LogP contribution is -1.82. The largest absolute Gasteiger partial charge is 0.436 e. The van der Waals surface area contributed by atoms with Crippen LogP contribution in [0.2, 0.25) is 0 Å². The summed E-state index contributed by atoms with van der Waals surface area (Å²) in [6.45, 7) is 3.76. The minimum Gasteiger partial charge on any atom is -0.436 e. The van der Waals surface area contributed by atoms with Gasteiger partial charge in [0.1, 0.15) is 5.52 Å². The van der Waals surface area contributed by atoms with Crippen molar-refractivity contribution < 1.29 is 4.42 Å². The van der Waals surface area contributed by atoms with Gasteiger partial charge in [0.2, 0.25) is 5.89 Å². The van der Waals surface area contributed by atoms with Gasteiger partial charge in [-0.15, -0.1) is 6.58 Å². The molecule has 0 aliphatic heterocycles. The first-order valence-corrected chi connectivity index (χ1v) is 7.33. The molecule has 0 atom stereocenters. The van der Waals surface area contributed by atoms with Gasteiger partial charge in [0, 0.05) is 10.9 Å². The Morgan fingerprint density at radius 3 is 2.59 bits per heavy atom. The molecule has 2 heteroatoms. The summed E-state index contributed by atoms with van der Waals surface area (Å²) < 4.78 is 5.93. The van der Waals surface area contributed by atoms with E-state index in [-0.39, 0.29) is 0 Å². The number of benzene rings is 3. The predicted molar refractivity (Wildman–Crippen MR) is 90.9 cm³/mol. The Hall–Kier alpha value is -2.87. The Morgan fingerprint density at radius 1 is 0.955 bits per heavy atom. The lowest BCUT2D eigenvalue weighted by molar-refractivity contribution is 0.620. The van der Waals surface area contributed by atoms with Crippen LogP contribution >= 0.6 is 0 Å². The maximum Gasteiger partial charge on any atom is 0.227 e. The summed E-state index contributed by atoms with van der Waals surface area (Å²) in [5.74, 6) is 0.663. The predicted octanol–water partition coefficient (Wildman–Crippen LogP) is 5.38. The number of nitrogens with zero attached hydrogens (tertiary/aromatic N) is 1. The summed E-state index contributed by atoms with van der Waals surface area (Å²) in [6, 6.07) is 20.6. The number of oxazole rings is 1. The average molecular weight is 285 g/mol. The third-order valence-corrected chi connectivity index (χ3v) is 3.86. The topological polar surface area (TPSA) is 26.0 Å². The van der Waals surface area contributed by atoms with Crippen LogP contribution < -0.4 is 0 Å².